The van der Waals surface area contributed by atoms with Crippen LogP contribution in [-0.2, 0) is 6.42 Å². The molecule has 1 amide bonds. The minimum atomic E-state index is -0.0194. The van der Waals surface area contributed by atoms with E-state index in [1.807, 2.05) is 54.6 Å². The maximum atomic E-state index is 12.3. The lowest BCUT2D eigenvalue weighted by Gasteiger charge is -2.23. The lowest BCUT2D eigenvalue weighted by atomic mass is 10.0. The topological polar surface area (TPSA) is 32.7 Å². The Hall–Kier alpha value is -2.42. The molecule has 0 N–H and O–H groups in total. The average Bonchev–Trinajstić information content (AvgIpc) is 2.48. The summed E-state index contributed by atoms with van der Waals surface area (Å²) in [5, 5.41) is 5.83. The lowest BCUT2D eigenvalue weighted by molar-refractivity contribution is 0.0746. The molecule has 94 valence electrons. The fourth-order valence-electron chi connectivity index (χ4n) is 2.20. The van der Waals surface area contributed by atoms with Crippen molar-refractivity contribution in [2.24, 2.45) is 5.10 Å². The molecule has 2 aromatic rings. The molecule has 0 spiro atoms. The van der Waals surface area contributed by atoms with Crippen molar-refractivity contribution >= 4 is 12.1 Å². The van der Waals surface area contributed by atoms with Gasteiger partial charge in [-0.1, -0.05) is 48.5 Å². The molecule has 0 radical (unpaired) electrons. The van der Waals surface area contributed by atoms with Gasteiger partial charge in [0.1, 0.15) is 0 Å². The number of amides is 1. The zero-order valence-corrected chi connectivity index (χ0v) is 10.5. The molecule has 1 aliphatic heterocycles. The van der Waals surface area contributed by atoms with Gasteiger partial charge in [-0.25, -0.2) is 5.01 Å². The van der Waals surface area contributed by atoms with Crippen molar-refractivity contribution in [3.8, 4) is 0 Å². The standard InChI is InChI=1S/C16H14N2O/c19-16-15-9-5-4-8-14(15)10-11-18(16)17-12-13-6-2-1-3-7-13/h1-9,12H,10-11H2. The molecule has 0 saturated heterocycles. The normalized spacial score (nSPS) is 14.7. The van der Waals surface area contributed by atoms with Crippen LogP contribution in [0.25, 0.3) is 0 Å². The van der Waals surface area contributed by atoms with Crippen LogP contribution in [0.5, 0.6) is 0 Å². The van der Waals surface area contributed by atoms with E-state index >= 15 is 0 Å². The molecule has 0 saturated carbocycles. The number of fused-ring (bicyclic) bond motifs is 1. The Morgan fingerprint density at radius 2 is 1.74 bits per heavy atom. The van der Waals surface area contributed by atoms with Gasteiger partial charge < -0.3 is 0 Å². The summed E-state index contributed by atoms with van der Waals surface area (Å²) in [5.74, 6) is -0.0194. The van der Waals surface area contributed by atoms with Crippen molar-refractivity contribution in [3.63, 3.8) is 0 Å². The van der Waals surface area contributed by atoms with Gasteiger partial charge in [-0.2, -0.15) is 5.10 Å². The summed E-state index contributed by atoms with van der Waals surface area (Å²) < 4.78 is 0. The Kier molecular flexibility index (Phi) is 3.11. The molecule has 3 nitrogen and oxygen atoms in total. The second kappa shape index (κ2) is 5.06. The molecule has 19 heavy (non-hydrogen) atoms. The quantitative estimate of drug-likeness (QED) is 0.754. The Bertz CT molecular complexity index is 620. The van der Waals surface area contributed by atoms with Crippen molar-refractivity contribution in [1.82, 2.24) is 5.01 Å². The monoisotopic (exact) mass is 250 g/mol. The minimum Gasteiger partial charge on any atom is -0.267 e. The zero-order valence-electron chi connectivity index (χ0n) is 10.5. The molecular formula is C16H14N2O. The van der Waals surface area contributed by atoms with Crippen LogP contribution in [0, 0.1) is 0 Å². The molecular weight excluding hydrogens is 236 g/mol. The van der Waals surface area contributed by atoms with E-state index in [1.165, 1.54) is 5.01 Å². The van der Waals surface area contributed by atoms with E-state index in [0.717, 1.165) is 23.1 Å². The highest BCUT2D eigenvalue weighted by molar-refractivity contribution is 5.97. The van der Waals surface area contributed by atoms with Crippen molar-refractivity contribution in [3.05, 3.63) is 71.3 Å². The van der Waals surface area contributed by atoms with Gasteiger partial charge in [0, 0.05) is 12.1 Å². The van der Waals surface area contributed by atoms with E-state index < -0.39 is 0 Å². The second-order valence-electron chi connectivity index (χ2n) is 4.49. The number of nitrogens with zero attached hydrogens (tertiary/aromatic N) is 2. The molecule has 0 bridgehead atoms. The molecule has 0 aromatic heterocycles. The number of benzene rings is 2. The van der Waals surface area contributed by atoms with E-state index in [9.17, 15) is 4.79 Å². The number of rotatable bonds is 2. The van der Waals surface area contributed by atoms with E-state index in [-0.39, 0.29) is 5.91 Å². The highest BCUT2D eigenvalue weighted by atomic mass is 16.2. The highest BCUT2D eigenvalue weighted by Crippen LogP contribution is 2.18. The number of carbonyl (C=O) groups excluding carboxylic acids is 1. The summed E-state index contributed by atoms with van der Waals surface area (Å²) in [5.41, 5.74) is 2.87. The van der Waals surface area contributed by atoms with Crippen LogP contribution in [0.3, 0.4) is 0 Å². The second-order valence-corrected chi connectivity index (χ2v) is 4.49. The molecule has 1 heterocycles. The summed E-state index contributed by atoms with van der Waals surface area (Å²) in [6.07, 6.45) is 2.58. The first-order valence-corrected chi connectivity index (χ1v) is 6.33. The Labute approximate surface area is 112 Å². The van der Waals surface area contributed by atoms with E-state index in [4.69, 9.17) is 0 Å². The molecule has 1 aliphatic rings. The number of hydrogen-bond acceptors (Lipinski definition) is 2. The predicted octanol–water partition coefficient (Wildman–Crippen LogP) is 2.72. The van der Waals surface area contributed by atoms with Gasteiger partial charge in [0.15, 0.2) is 0 Å². The summed E-state index contributed by atoms with van der Waals surface area (Å²) in [7, 11) is 0. The smallest absolute Gasteiger partial charge is 0.267 e. The first-order chi connectivity index (χ1) is 9.34. The van der Waals surface area contributed by atoms with Gasteiger partial charge >= 0.3 is 0 Å². The average molecular weight is 250 g/mol. The largest absolute Gasteiger partial charge is 0.274 e. The van der Waals surface area contributed by atoms with Crippen molar-refractivity contribution in [1.29, 1.82) is 0 Å². The molecule has 0 unspecified atom stereocenters. The molecule has 2 aromatic carbocycles. The van der Waals surface area contributed by atoms with Gasteiger partial charge in [-0.15, -0.1) is 0 Å². The van der Waals surface area contributed by atoms with Gasteiger partial charge in [0.25, 0.3) is 5.91 Å². The van der Waals surface area contributed by atoms with Crippen molar-refractivity contribution in [2.75, 3.05) is 6.54 Å². The zero-order chi connectivity index (χ0) is 13.1. The SMILES string of the molecule is O=C1c2ccccc2CCN1N=Cc1ccccc1. The third kappa shape index (κ3) is 2.40. The van der Waals surface area contributed by atoms with Crippen LogP contribution in [0.15, 0.2) is 59.7 Å². The fraction of sp³-hybridized carbons (Fsp3) is 0.125. The minimum absolute atomic E-state index is 0.0194. The predicted molar refractivity (Wildman–Crippen MR) is 75.2 cm³/mol. The first kappa shape index (κ1) is 11.7. The highest BCUT2D eigenvalue weighted by Gasteiger charge is 2.22. The van der Waals surface area contributed by atoms with E-state index in [2.05, 4.69) is 5.10 Å². The van der Waals surface area contributed by atoms with Crippen molar-refractivity contribution in [2.45, 2.75) is 6.42 Å². The summed E-state index contributed by atoms with van der Waals surface area (Å²) in [6, 6.07) is 17.5. The Balaban J connectivity index is 1.81. The number of hydrogen-bond donors (Lipinski definition) is 0. The van der Waals surface area contributed by atoms with Crippen LogP contribution in [0.4, 0.5) is 0 Å². The van der Waals surface area contributed by atoms with Gasteiger partial charge in [0.2, 0.25) is 0 Å². The van der Waals surface area contributed by atoms with Crippen LogP contribution >= 0.6 is 0 Å². The maximum absolute atomic E-state index is 12.3. The molecule has 3 rings (SSSR count). The van der Waals surface area contributed by atoms with Crippen LogP contribution in [0.2, 0.25) is 0 Å². The Morgan fingerprint density at radius 1 is 1.00 bits per heavy atom. The van der Waals surface area contributed by atoms with Crippen LogP contribution < -0.4 is 0 Å². The number of hydrazone groups is 1. The first-order valence-electron chi connectivity index (χ1n) is 6.33. The summed E-state index contributed by atoms with van der Waals surface area (Å²) >= 11 is 0. The van der Waals surface area contributed by atoms with Gasteiger partial charge in [0.05, 0.1) is 6.21 Å². The molecule has 3 heteroatoms. The fourth-order valence-corrected chi connectivity index (χ4v) is 2.20. The molecule has 0 atom stereocenters. The summed E-state index contributed by atoms with van der Waals surface area (Å²) in [4.78, 5) is 12.3. The third-order valence-corrected chi connectivity index (χ3v) is 3.22. The number of carbonyl (C=O) groups is 1. The van der Waals surface area contributed by atoms with E-state index in [0.29, 0.717) is 6.54 Å². The lowest BCUT2D eigenvalue weighted by Crippen LogP contribution is -2.33. The van der Waals surface area contributed by atoms with Gasteiger partial charge in [-0.3, -0.25) is 4.79 Å². The van der Waals surface area contributed by atoms with Crippen LogP contribution in [-0.4, -0.2) is 23.7 Å². The molecule has 0 fully saturated rings. The Morgan fingerprint density at radius 3 is 2.58 bits per heavy atom. The molecule has 0 aliphatic carbocycles. The summed E-state index contributed by atoms with van der Waals surface area (Å²) in [6.45, 7) is 0.638. The van der Waals surface area contributed by atoms with Crippen LogP contribution in [0.1, 0.15) is 21.5 Å². The van der Waals surface area contributed by atoms with E-state index in [1.54, 1.807) is 6.21 Å². The van der Waals surface area contributed by atoms with Gasteiger partial charge in [-0.05, 0) is 23.6 Å². The maximum Gasteiger partial charge on any atom is 0.274 e. The third-order valence-electron chi connectivity index (χ3n) is 3.22. The van der Waals surface area contributed by atoms with Crippen molar-refractivity contribution < 1.29 is 4.79 Å².